The number of carbonyl (C=O) groups excluding carboxylic acids is 1. The fraction of sp³-hybridized carbons (Fsp3) is 0.700. The van der Waals surface area contributed by atoms with Crippen molar-refractivity contribution in [2.45, 2.75) is 24.3 Å². The van der Waals surface area contributed by atoms with Crippen molar-refractivity contribution in [3.8, 4) is 0 Å². The lowest BCUT2D eigenvalue weighted by atomic mass is 10.4. The summed E-state index contributed by atoms with van der Waals surface area (Å²) in [6, 6.07) is 0. The molecule has 1 saturated heterocycles. The Hall–Kier alpha value is -0.340. The Morgan fingerprint density at radius 3 is 2.06 bits per heavy atom. The van der Waals surface area contributed by atoms with Crippen LogP contribution in [0.2, 0.25) is 0 Å². The highest BCUT2D eigenvalue weighted by Crippen LogP contribution is 2.35. The van der Waals surface area contributed by atoms with E-state index in [-0.39, 0.29) is 34.4 Å². The van der Waals surface area contributed by atoms with Crippen molar-refractivity contribution < 1.29 is 21.6 Å². The maximum Gasteiger partial charge on any atom is 0.214 e. The lowest BCUT2D eigenvalue weighted by Gasteiger charge is -2.32. The van der Waals surface area contributed by atoms with Crippen molar-refractivity contribution in [2.24, 2.45) is 0 Å². The van der Waals surface area contributed by atoms with Crippen molar-refractivity contribution in [1.82, 2.24) is 0 Å². The van der Waals surface area contributed by atoms with E-state index >= 15 is 0 Å². The van der Waals surface area contributed by atoms with E-state index in [1.54, 1.807) is 0 Å². The minimum absolute atomic E-state index is 0.124. The van der Waals surface area contributed by atoms with Gasteiger partial charge in [-0.15, -0.1) is 0 Å². The van der Waals surface area contributed by atoms with E-state index < -0.39 is 23.8 Å². The summed E-state index contributed by atoms with van der Waals surface area (Å²) in [6.45, 7) is 6.14. The van der Waals surface area contributed by atoms with Gasteiger partial charge in [-0.25, -0.2) is 16.8 Å². The average molecular weight is 312 g/mol. The van der Waals surface area contributed by atoms with Crippen molar-refractivity contribution in [1.29, 1.82) is 0 Å². The summed E-state index contributed by atoms with van der Waals surface area (Å²) >= 11 is 0.698. The zero-order valence-corrected chi connectivity index (χ0v) is 12.8. The standard InChI is InChI=1S/C10H16O5S3/c1-8(2)9(11)16-7-10(3)17(12,13)5-4-6-18(10,14)15/h1,4-7H2,2-3H3. The second kappa shape index (κ2) is 4.97. The van der Waals surface area contributed by atoms with Crippen LogP contribution in [0.15, 0.2) is 12.2 Å². The summed E-state index contributed by atoms with van der Waals surface area (Å²) in [5.74, 6) is -0.571. The molecular weight excluding hydrogens is 296 g/mol. The Balaban J connectivity index is 3.07. The number of rotatable bonds is 3. The van der Waals surface area contributed by atoms with E-state index in [1.807, 2.05) is 0 Å². The minimum atomic E-state index is -3.74. The number of sulfone groups is 2. The molecule has 0 bridgehead atoms. The minimum Gasteiger partial charge on any atom is -0.282 e. The fourth-order valence-electron chi connectivity index (χ4n) is 1.56. The van der Waals surface area contributed by atoms with Gasteiger partial charge in [-0.05, 0) is 25.8 Å². The second-order valence-electron chi connectivity index (χ2n) is 4.48. The first kappa shape index (κ1) is 15.7. The predicted octanol–water partition coefficient (Wildman–Crippen LogP) is 0.772. The van der Waals surface area contributed by atoms with Crippen LogP contribution >= 0.6 is 11.8 Å². The molecule has 0 saturated carbocycles. The van der Waals surface area contributed by atoms with Crippen LogP contribution < -0.4 is 0 Å². The predicted molar refractivity (Wildman–Crippen MR) is 72.9 cm³/mol. The van der Waals surface area contributed by atoms with Crippen LogP contribution in [0.4, 0.5) is 0 Å². The van der Waals surface area contributed by atoms with Gasteiger partial charge in [0.1, 0.15) is 0 Å². The molecule has 0 aromatic heterocycles. The third kappa shape index (κ3) is 2.65. The quantitative estimate of drug-likeness (QED) is 0.716. The lowest BCUT2D eigenvalue weighted by molar-refractivity contribution is -0.107. The molecule has 0 unspecified atom stereocenters. The van der Waals surface area contributed by atoms with Crippen LogP contribution in [0, 0.1) is 0 Å². The summed E-state index contributed by atoms with van der Waals surface area (Å²) < 4.78 is 46.0. The molecule has 1 fully saturated rings. The van der Waals surface area contributed by atoms with E-state index in [4.69, 9.17) is 0 Å². The van der Waals surface area contributed by atoms with E-state index in [0.29, 0.717) is 11.8 Å². The second-order valence-corrected chi connectivity index (χ2v) is 10.8. The van der Waals surface area contributed by atoms with Gasteiger partial charge < -0.3 is 0 Å². The van der Waals surface area contributed by atoms with E-state index in [9.17, 15) is 21.6 Å². The number of carbonyl (C=O) groups is 1. The molecule has 1 heterocycles. The highest BCUT2D eigenvalue weighted by molar-refractivity contribution is 8.17. The molecule has 0 spiro atoms. The van der Waals surface area contributed by atoms with Crippen molar-refractivity contribution >= 4 is 36.6 Å². The smallest absolute Gasteiger partial charge is 0.214 e. The van der Waals surface area contributed by atoms with Gasteiger partial charge in [-0.1, -0.05) is 18.3 Å². The lowest BCUT2D eigenvalue weighted by Crippen LogP contribution is -2.51. The molecule has 18 heavy (non-hydrogen) atoms. The van der Waals surface area contributed by atoms with E-state index in [1.165, 1.54) is 13.8 Å². The van der Waals surface area contributed by atoms with Gasteiger partial charge in [-0.2, -0.15) is 0 Å². The van der Waals surface area contributed by atoms with Crippen LogP contribution in [0.3, 0.4) is 0 Å². The van der Waals surface area contributed by atoms with Crippen LogP contribution in [0.25, 0.3) is 0 Å². The molecule has 5 nitrogen and oxygen atoms in total. The maximum atomic E-state index is 12.0. The molecule has 0 radical (unpaired) electrons. The van der Waals surface area contributed by atoms with E-state index in [2.05, 4.69) is 6.58 Å². The normalized spacial score (nSPS) is 24.3. The topological polar surface area (TPSA) is 85.3 Å². The summed E-state index contributed by atoms with van der Waals surface area (Å²) in [5, 5.41) is -0.382. The Kier molecular flexibility index (Phi) is 4.34. The molecule has 0 N–H and O–H groups in total. The molecule has 1 rings (SSSR count). The molecule has 0 atom stereocenters. The van der Waals surface area contributed by atoms with Crippen LogP contribution in [-0.2, 0) is 24.5 Å². The third-order valence-electron chi connectivity index (χ3n) is 2.96. The molecule has 0 aliphatic carbocycles. The summed E-state index contributed by atoms with van der Waals surface area (Å²) in [7, 11) is -7.49. The third-order valence-corrected chi connectivity index (χ3v) is 10.7. The van der Waals surface area contributed by atoms with Crippen LogP contribution in [0.5, 0.6) is 0 Å². The molecule has 0 aromatic rings. The van der Waals surface area contributed by atoms with Gasteiger partial charge in [0.2, 0.25) is 5.12 Å². The number of hydrogen-bond donors (Lipinski definition) is 0. The highest BCUT2D eigenvalue weighted by atomic mass is 32.3. The Labute approximate surface area is 112 Å². The fourth-order valence-corrected chi connectivity index (χ4v) is 8.14. The molecule has 104 valence electrons. The largest absolute Gasteiger partial charge is 0.282 e. The van der Waals surface area contributed by atoms with Crippen molar-refractivity contribution in [3.05, 3.63) is 12.2 Å². The van der Waals surface area contributed by atoms with Gasteiger partial charge in [0.05, 0.1) is 11.5 Å². The van der Waals surface area contributed by atoms with Crippen LogP contribution in [-0.4, -0.2) is 43.3 Å². The van der Waals surface area contributed by atoms with Gasteiger partial charge in [-0.3, -0.25) is 4.79 Å². The van der Waals surface area contributed by atoms with Gasteiger partial charge >= 0.3 is 0 Å². The number of hydrogen-bond acceptors (Lipinski definition) is 6. The summed E-state index contributed by atoms with van der Waals surface area (Å²) in [5.41, 5.74) is 0.272. The van der Waals surface area contributed by atoms with Crippen LogP contribution in [0.1, 0.15) is 20.3 Å². The van der Waals surface area contributed by atoms with Crippen molar-refractivity contribution in [3.63, 3.8) is 0 Å². The zero-order chi connectivity index (χ0) is 14.2. The van der Waals surface area contributed by atoms with Gasteiger partial charge in [0.15, 0.2) is 23.8 Å². The molecule has 0 amide bonds. The first-order chi connectivity index (χ1) is 8.03. The molecule has 1 aliphatic heterocycles. The molecule has 8 heteroatoms. The van der Waals surface area contributed by atoms with Crippen molar-refractivity contribution in [2.75, 3.05) is 17.3 Å². The SMILES string of the molecule is C=C(C)C(=O)SCC1(C)S(=O)(=O)CCCS1(=O)=O. The monoisotopic (exact) mass is 312 g/mol. The zero-order valence-electron chi connectivity index (χ0n) is 10.3. The van der Waals surface area contributed by atoms with Gasteiger partial charge in [0, 0.05) is 5.75 Å². The van der Waals surface area contributed by atoms with Gasteiger partial charge in [0.25, 0.3) is 0 Å². The first-order valence-electron chi connectivity index (χ1n) is 5.31. The number of thioether (sulfide) groups is 1. The average Bonchev–Trinajstić information content (AvgIpc) is 2.22. The van der Waals surface area contributed by atoms with E-state index in [0.717, 1.165) is 0 Å². The first-order valence-corrected chi connectivity index (χ1v) is 9.60. The Bertz CT molecular complexity index is 537. The maximum absolute atomic E-state index is 12.0. The summed E-state index contributed by atoms with van der Waals surface area (Å²) in [4.78, 5) is 11.4. The Morgan fingerprint density at radius 2 is 1.67 bits per heavy atom. The summed E-state index contributed by atoms with van der Waals surface area (Å²) in [6.07, 6.45) is 0.124. The molecule has 1 aliphatic rings. The Morgan fingerprint density at radius 1 is 1.22 bits per heavy atom. The molecule has 0 aromatic carbocycles. The molecular formula is C10H16O5S3. The highest BCUT2D eigenvalue weighted by Gasteiger charge is 2.53.